The minimum Gasteiger partial charge on any atom is -0.333 e. The van der Waals surface area contributed by atoms with Gasteiger partial charge in [0.05, 0.1) is 0 Å². The van der Waals surface area contributed by atoms with Crippen LogP contribution >= 0.6 is 0 Å². The second kappa shape index (κ2) is 2.76. The average molecular weight is 193 g/mol. The fraction of sp³-hybridized carbons (Fsp3) is 0.750. The van der Waals surface area contributed by atoms with Crippen LogP contribution in [0.1, 0.15) is 29.9 Å². The number of carbonyl (C=O) groups is 1. The van der Waals surface area contributed by atoms with Crippen molar-refractivity contribution in [3.8, 4) is 0 Å². The van der Waals surface area contributed by atoms with E-state index in [2.05, 4.69) is 20.6 Å². The van der Waals surface area contributed by atoms with Crippen LogP contribution in [0.5, 0.6) is 0 Å². The van der Waals surface area contributed by atoms with Crippen molar-refractivity contribution in [1.29, 1.82) is 0 Å². The number of fused-ring (bicyclic) bond motifs is 2. The lowest BCUT2D eigenvalue weighted by atomic mass is 10.1. The Morgan fingerprint density at radius 2 is 2.43 bits per heavy atom. The van der Waals surface area contributed by atoms with E-state index in [1.54, 1.807) is 0 Å². The van der Waals surface area contributed by atoms with Crippen molar-refractivity contribution < 1.29 is 4.79 Å². The van der Waals surface area contributed by atoms with Gasteiger partial charge in [0.1, 0.15) is 0 Å². The predicted octanol–water partition coefficient (Wildman–Crippen LogP) is -0.176. The molecule has 74 valence electrons. The van der Waals surface area contributed by atoms with Crippen molar-refractivity contribution in [3.05, 3.63) is 5.82 Å². The Balaban J connectivity index is 1.81. The summed E-state index contributed by atoms with van der Waals surface area (Å²) in [5.74, 6) is 0.819. The monoisotopic (exact) mass is 193 g/mol. The molecule has 0 aromatic carbocycles. The van der Waals surface area contributed by atoms with Gasteiger partial charge < -0.3 is 4.90 Å². The summed E-state index contributed by atoms with van der Waals surface area (Å²) in [5, 5.41) is 13.1. The summed E-state index contributed by atoms with van der Waals surface area (Å²) in [7, 11) is 0. The van der Waals surface area contributed by atoms with Gasteiger partial charge in [-0.1, -0.05) is 0 Å². The van der Waals surface area contributed by atoms with E-state index in [0.29, 0.717) is 12.0 Å². The number of nitrogens with zero attached hydrogens (tertiary/aromatic N) is 4. The molecule has 2 atom stereocenters. The molecule has 1 saturated carbocycles. The number of hydrogen-bond acceptors (Lipinski definition) is 4. The third kappa shape index (κ3) is 1.03. The van der Waals surface area contributed by atoms with E-state index in [-0.39, 0.29) is 11.7 Å². The number of hydrogen-bond donors (Lipinski definition) is 1. The van der Waals surface area contributed by atoms with E-state index in [0.717, 1.165) is 19.4 Å². The molecule has 6 heteroatoms. The smallest absolute Gasteiger partial charge is 0.295 e. The zero-order valence-electron chi connectivity index (χ0n) is 7.68. The van der Waals surface area contributed by atoms with E-state index in [9.17, 15) is 4.79 Å². The molecule has 2 heterocycles. The van der Waals surface area contributed by atoms with Gasteiger partial charge in [0.2, 0.25) is 0 Å². The molecular weight excluding hydrogens is 182 g/mol. The maximum Gasteiger partial charge on any atom is 0.295 e. The van der Waals surface area contributed by atoms with Crippen molar-refractivity contribution in [1.82, 2.24) is 25.5 Å². The number of nitrogens with one attached hydrogen (secondary N) is 1. The second-order valence-corrected chi connectivity index (χ2v) is 4.03. The molecule has 0 spiro atoms. The van der Waals surface area contributed by atoms with Crippen molar-refractivity contribution in [2.45, 2.75) is 25.3 Å². The number of carbonyl (C=O) groups excluding carboxylic acids is 1. The minimum absolute atomic E-state index is 0.0778. The number of likely N-dealkylation sites (tertiary alicyclic amines) is 1. The van der Waals surface area contributed by atoms with Gasteiger partial charge in [-0.25, -0.2) is 0 Å². The summed E-state index contributed by atoms with van der Waals surface area (Å²) in [6.07, 6.45) is 3.55. The van der Waals surface area contributed by atoms with Gasteiger partial charge >= 0.3 is 0 Å². The van der Waals surface area contributed by atoms with Gasteiger partial charge in [-0.15, -0.1) is 10.2 Å². The summed E-state index contributed by atoms with van der Waals surface area (Å²) in [6.45, 7) is 0.873. The molecule has 6 nitrogen and oxygen atoms in total. The number of piperidine rings is 1. The number of aromatic nitrogens is 4. The van der Waals surface area contributed by atoms with Gasteiger partial charge in [0, 0.05) is 12.6 Å². The highest BCUT2D eigenvalue weighted by Gasteiger charge is 2.41. The van der Waals surface area contributed by atoms with Crippen LogP contribution in [0, 0.1) is 5.92 Å². The molecule has 0 radical (unpaired) electrons. The number of rotatable bonds is 1. The first-order chi connectivity index (χ1) is 6.84. The molecule has 2 fully saturated rings. The molecule has 3 rings (SSSR count). The quantitative estimate of drug-likeness (QED) is 0.671. The lowest BCUT2D eigenvalue weighted by Crippen LogP contribution is -2.38. The molecule has 1 amide bonds. The van der Waals surface area contributed by atoms with E-state index >= 15 is 0 Å². The van der Waals surface area contributed by atoms with Crippen LogP contribution in [-0.2, 0) is 0 Å². The lowest BCUT2D eigenvalue weighted by Gasteiger charge is -2.25. The van der Waals surface area contributed by atoms with Crippen molar-refractivity contribution in [3.63, 3.8) is 0 Å². The molecular formula is C8H11N5O. The van der Waals surface area contributed by atoms with Crippen molar-refractivity contribution >= 4 is 5.91 Å². The fourth-order valence-electron chi connectivity index (χ4n) is 2.55. The average Bonchev–Trinajstić information content (AvgIpc) is 2.93. The SMILES string of the molecule is O=C(c1nn[nH]n1)N1CC2CCC1C2. The van der Waals surface area contributed by atoms with Gasteiger partial charge in [-0.2, -0.15) is 5.21 Å². The lowest BCUT2D eigenvalue weighted by molar-refractivity contribution is 0.0691. The van der Waals surface area contributed by atoms with Crippen LogP contribution in [0.15, 0.2) is 0 Å². The highest BCUT2D eigenvalue weighted by atomic mass is 16.2. The molecule has 1 aromatic heterocycles. The third-order valence-corrected chi connectivity index (χ3v) is 3.21. The largest absolute Gasteiger partial charge is 0.333 e. The third-order valence-electron chi connectivity index (χ3n) is 3.21. The second-order valence-electron chi connectivity index (χ2n) is 4.03. The first-order valence-electron chi connectivity index (χ1n) is 4.89. The van der Waals surface area contributed by atoms with Crippen LogP contribution in [-0.4, -0.2) is 44.0 Å². The van der Waals surface area contributed by atoms with E-state index in [1.807, 2.05) is 4.90 Å². The maximum absolute atomic E-state index is 11.8. The maximum atomic E-state index is 11.8. The zero-order valence-corrected chi connectivity index (χ0v) is 7.68. The van der Waals surface area contributed by atoms with Crippen molar-refractivity contribution in [2.24, 2.45) is 5.92 Å². The Hall–Kier alpha value is -1.46. The highest BCUT2D eigenvalue weighted by Crippen LogP contribution is 2.37. The summed E-state index contributed by atoms with van der Waals surface area (Å²) in [5.41, 5.74) is 0. The van der Waals surface area contributed by atoms with Crippen LogP contribution in [0.3, 0.4) is 0 Å². The van der Waals surface area contributed by atoms with Crippen molar-refractivity contribution in [2.75, 3.05) is 6.54 Å². The van der Waals surface area contributed by atoms with Gasteiger partial charge in [-0.3, -0.25) is 4.79 Å². The Kier molecular flexibility index (Phi) is 1.56. The van der Waals surface area contributed by atoms with Crippen LogP contribution in [0.2, 0.25) is 0 Å². The highest BCUT2D eigenvalue weighted by molar-refractivity contribution is 5.90. The van der Waals surface area contributed by atoms with Crippen LogP contribution in [0.4, 0.5) is 0 Å². The molecule has 14 heavy (non-hydrogen) atoms. The molecule has 1 saturated heterocycles. The minimum atomic E-state index is -0.0778. The topological polar surface area (TPSA) is 74.8 Å². The first-order valence-corrected chi connectivity index (χ1v) is 4.89. The Morgan fingerprint density at radius 1 is 1.50 bits per heavy atom. The molecule has 2 aliphatic rings. The Morgan fingerprint density at radius 3 is 3.00 bits per heavy atom. The molecule has 2 unspecified atom stereocenters. The zero-order chi connectivity index (χ0) is 9.54. The molecule has 1 N–H and O–H groups in total. The summed E-state index contributed by atoms with van der Waals surface area (Å²) in [6, 6.07) is 0.422. The van der Waals surface area contributed by atoms with Crippen LogP contribution < -0.4 is 0 Å². The molecule has 1 aliphatic heterocycles. The summed E-state index contributed by atoms with van der Waals surface area (Å²) in [4.78, 5) is 13.7. The van der Waals surface area contributed by atoms with Crippen LogP contribution in [0.25, 0.3) is 0 Å². The molecule has 1 aromatic rings. The predicted molar refractivity (Wildman–Crippen MR) is 46.3 cm³/mol. The normalized spacial score (nSPS) is 29.9. The summed E-state index contributed by atoms with van der Waals surface area (Å²) >= 11 is 0. The van der Waals surface area contributed by atoms with E-state index in [4.69, 9.17) is 0 Å². The number of tetrazole rings is 1. The number of H-pyrrole nitrogens is 1. The van der Waals surface area contributed by atoms with Gasteiger partial charge in [0.25, 0.3) is 11.7 Å². The molecule has 2 bridgehead atoms. The summed E-state index contributed by atoms with van der Waals surface area (Å²) < 4.78 is 0. The van der Waals surface area contributed by atoms with Gasteiger partial charge in [-0.05, 0) is 30.4 Å². The van der Waals surface area contributed by atoms with Gasteiger partial charge in [0.15, 0.2) is 0 Å². The van der Waals surface area contributed by atoms with E-state index < -0.39 is 0 Å². The Labute approximate surface area is 80.7 Å². The Bertz CT molecular complexity index is 349. The fourth-order valence-corrected chi connectivity index (χ4v) is 2.55. The molecule has 1 aliphatic carbocycles. The van der Waals surface area contributed by atoms with E-state index in [1.165, 1.54) is 6.42 Å². The standard InChI is InChI=1S/C8H11N5O/c14-8(7-9-11-12-10-7)13-4-5-1-2-6(13)3-5/h5-6H,1-4H2,(H,9,10,11,12). The number of aromatic amines is 1. The first kappa shape index (κ1) is 7.90. The number of amides is 1.